The van der Waals surface area contributed by atoms with Crippen LogP contribution in [0.4, 0.5) is 5.00 Å². The number of aromatic carboxylic acids is 1. The number of hydrogen-bond donors (Lipinski definition) is 2. The molecule has 2 atom stereocenters. The van der Waals surface area contributed by atoms with E-state index in [1.54, 1.807) is 0 Å². The third-order valence-electron chi connectivity index (χ3n) is 6.68. The summed E-state index contributed by atoms with van der Waals surface area (Å²) < 4.78 is 6.06. The average Bonchev–Trinajstić information content (AvgIpc) is 2.79. The molecule has 2 unspecified atom stereocenters. The van der Waals surface area contributed by atoms with Crippen LogP contribution in [0.2, 0.25) is 0 Å². The Kier molecular flexibility index (Phi) is 3.57. The van der Waals surface area contributed by atoms with Gasteiger partial charge in [0.15, 0.2) is 0 Å². The summed E-state index contributed by atoms with van der Waals surface area (Å²) in [5.74, 6) is -0.893. The fraction of sp³-hybridized carbons (Fsp3) is 0.684. The molecule has 5 nitrogen and oxygen atoms in total. The van der Waals surface area contributed by atoms with Gasteiger partial charge in [-0.15, -0.1) is 11.3 Å². The number of carbonyl (C=O) groups is 2. The van der Waals surface area contributed by atoms with E-state index in [2.05, 4.69) is 26.1 Å². The van der Waals surface area contributed by atoms with Gasteiger partial charge < -0.3 is 15.2 Å². The second-order valence-corrected chi connectivity index (χ2v) is 10.1. The van der Waals surface area contributed by atoms with E-state index in [-0.39, 0.29) is 22.8 Å². The van der Waals surface area contributed by atoms with E-state index in [9.17, 15) is 14.7 Å². The van der Waals surface area contributed by atoms with E-state index in [0.29, 0.717) is 10.6 Å². The van der Waals surface area contributed by atoms with E-state index in [1.165, 1.54) is 11.3 Å². The number of amides is 1. The van der Waals surface area contributed by atoms with E-state index < -0.39 is 22.6 Å². The van der Waals surface area contributed by atoms with Gasteiger partial charge in [0.1, 0.15) is 10.6 Å². The zero-order valence-corrected chi connectivity index (χ0v) is 17.0. The molecule has 1 fully saturated rings. The van der Waals surface area contributed by atoms with Crippen molar-refractivity contribution in [3.05, 3.63) is 16.0 Å². The van der Waals surface area contributed by atoms with Crippen LogP contribution in [0.5, 0.6) is 0 Å². The standard InChI is InChI=1S/C19H27NO4S/c1-9-16(2,3)19(9,8)15(23)20-13-10(14(21)22)11-12(25-13)18(6,7)24-17(11,4)5/h9H,1-8H3,(H,20,23)(H,21,22). The molecule has 3 rings (SSSR count). The van der Waals surface area contributed by atoms with Crippen LogP contribution < -0.4 is 5.32 Å². The summed E-state index contributed by atoms with van der Waals surface area (Å²) in [7, 11) is 0. The van der Waals surface area contributed by atoms with Gasteiger partial charge in [0.25, 0.3) is 0 Å². The second-order valence-electron chi connectivity index (χ2n) is 9.04. The van der Waals surface area contributed by atoms with Gasteiger partial charge in [0.2, 0.25) is 5.91 Å². The third kappa shape index (κ3) is 2.23. The molecule has 2 N–H and O–H groups in total. The highest BCUT2D eigenvalue weighted by molar-refractivity contribution is 7.17. The van der Waals surface area contributed by atoms with Crippen molar-refractivity contribution in [3.63, 3.8) is 0 Å². The van der Waals surface area contributed by atoms with Crippen LogP contribution in [-0.4, -0.2) is 17.0 Å². The van der Waals surface area contributed by atoms with Crippen molar-refractivity contribution in [3.8, 4) is 0 Å². The molecular formula is C19H27NO4S. The summed E-state index contributed by atoms with van der Waals surface area (Å²) in [6, 6.07) is 0. The highest BCUT2D eigenvalue weighted by Gasteiger charge is 2.69. The Balaban J connectivity index is 2.05. The molecule has 2 heterocycles. The van der Waals surface area contributed by atoms with Gasteiger partial charge in [-0.3, -0.25) is 4.79 Å². The number of hydrogen-bond acceptors (Lipinski definition) is 4. The first-order valence-electron chi connectivity index (χ1n) is 8.60. The van der Waals surface area contributed by atoms with Crippen LogP contribution in [0.15, 0.2) is 0 Å². The van der Waals surface area contributed by atoms with Crippen molar-refractivity contribution in [2.75, 3.05) is 5.32 Å². The highest BCUT2D eigenvalue weighted by atomic mass is 32.1. The monoisotopic (exact) mass is 365 g/mol. The van der Waals surface area contributed by atoms with Crippen LogP contribution in [0, 0.1) is 16.7 Å². The number of carbonyl (C=O) groups excluding carboxylic acids is 1. The number of carboxylic acids is 1. The summed E-state index contributed by atoms with van der Waals surface area (Å²) in [4.78, 5) is 25.8. The van der Waals surface area contributed by atoms with Crippen molar-refractivity contribution < 1.29 is 19.4 Å². The fourth-order valence-corrected chi connectivity index (χ4v) is 5.83. The lowest BCUT2D eigenvalue weighted by Crippen LogP contribution is -2.28. The maximum Gasteiger partial charge on any atom is 0.339 e. The van der Waals surface area contributed by atoms with Crippen LogP contribution in [0.3, 0.4) is 0 Å². The Morgan fingerprint density at radius 3 is 2.04 bits per heavy atom. The minimum atomic E-state index is -1.03. The molecule has 138 valence electrons. The Morgan fingerprint density at radius 2 is 1.60 bits per heavy atom. The van der Waals surface area contributed by atoms with Crippen molar-refractivity contribution in [1.82, 2.24) is 0 Å². The molecule has 1 aromatic rings. The molecular weight excluding hydrogens is 338 g/mol. The molecule has 2 aliphatic rings. The number of anilines is 1. The van der Waals surface area contributed by atoms with E-state index >= 15 is 0 Å². The smallest absolute Gasteiger partial charge is 0.339 e. The first-order chi connectivity index (χ1) is 11.2. The minimum absolute atomic E-state index is 0.0951. The summed E-state index contributed by atoms with van der Waals surface area (Å²) >= 11 is 1.32. The summed E-state index contributed by atoms with van der Waals surface area (Å²) in [6.07, 6.45) is 0. The number of fused-ring (bicyclic) bond motifs is 1. The van der Waals surface area contributed by atoms with Gasteiger partial charge >= 0.3 is 5.97 Å². The second kappa shape index (κ2) is 4.86. The summed E-state index contributed by atoms with van der Waals surface area (Å²) in [5, 5.41) is 13.2. The zero-order chi connectivity index (χ0) is 19.2. The van der Waals surface area contributed by atoms with E-state index in [0.717, 1.165) is 4.88 Å². The molecule has 0 saturated heterocycles. The normalized spacial score (nSPS) is 30.6. The fourth-order valence-electron chi connectivity index (χ4n) is 4.45. The number of carboxylic acid groups (broad SMARTS) is 1. The Morgan fingerprint density at radius 1 is 1.08 bits per heavy atom. The number of thiophene rings is 1. The topological polar surface area (TPSA) is 75.6 Å². The molecule has 6 heteroatoms. The molecule has 1 aromatic heterocycles. The lowest BCUT2D eigenvalue weighted by Gasteiger charge is -2.26. The first-order valence-corrected chi connectivity index (χ1v) is 9.42. The predicted octanol–water partition coefficient (Wildman–Crippen LogP) is 4.57. The van der Waals surface area contributed by atoms with Crippen molar-refractivity contribution in [2.45, 2.75) is 66.6 Å². The van der Waals surface area contributed by atoms with Gasteiger partial charge in [0, 0.05) is 10.4 Å². The van der Waals surface area contributed by atoms with E-state index in [4.69, 9.17) is 4.74 Å². The first kappa shape index (κ1) is 18.4. The van der Waals surface area contributed by atoms with Gasteiger partial charge in [-0.2, -0.15) is 0 Å². The van der Waals surface area contributed by atoms with Crippen molar-refractivity contribution in [1.29, 1.82) is 0 Å². The summed E-state index contributed by atoms with van der Waals surface area (Å²) in [6.45, 7) is 15.8. The number of nitrogens with one attached hydrogen (secondary N) is 1. The lowest BCUT2D eigenvalue weighted by atomic mass is 9.93. The molecule has 1 amide bonds. The molecule has 25 heavy (non-hydrogen) atoms. The van der Waals surface area contributed by atoms with Gasteiger partial charge in [0.05, 0.1) is 16.6 Å². The zero-order valence-electron chi connectivity index (χ0n) is 16.2. The molecule has 0 aromatic carbocycles. The predicted molar refractivity (Wildman–Crippen MR) is 98.1 cm³/mol. The molecule has 1 saturated carbocycles. The van der Waals surface area contributed by atoms with E-state index in [1.807, 2.05) is 34.6 Å². The maximum atomic E-state index is 12.9. The Hall–Kier alpha value is -1.40. The third-order valence-corrected chi connectivity index (χ3v) is 8.09. The molecule has 0 radical (unpaired) electrons. The van der Waals surface area contributed by atoms with Gasteiger partial charge in [-0.25, -0.2) is 4.79 Å². The average molecular weight is 365 g/mol. The van der Waals surface area contributed by atoms with Crippen molar-refractivity contribution >= 4 is 28.2 Å². The Bertz CT molecular complexity index is 790. The van der Waals surface area contributed by atoms with Gasteiger partial charge in [-0.1, -0.05) is 20.8 Å². The Labute approximate surface area is 152 Å². The van der Waals surface area contributed by atoms with Crippen LogP contribution in [0.25, 0.3) is 0 Å². The molecule has 0 bridgehead atoms. The highest BCUT2D eigenvalue weighted by Crippen LogP contribution is 2.69. The SMILES string of the molecule is CC1C(C)(C)C1(C)C(=O)Nc1sc2c(c1C(=O)O)C(C)(C)OC2(C)C. The van der Waals surface area contributed by atoms with Crippen molar-refractivity contribution in [2.24, 2.45) is 16.7 Å². The van der Waals surface area contributed by atoms with Crippen LogP contribution in [0.1, 0.15) is 76.2 Å². The number of rotatable bonds is 3. The minimum Gasteiger partial charge on any atom is -0.478 e. The van der Waals surface area contributed by atoms with Crippen LogP contribution >= 0.6 is 11.3 Å². The molecule has 1 aliphatic heterocycles. The summed E-state index contributed by atoms with van der Waals surface area (Å²) in [5.41, 5.74) is -1.02. The van der Waals surface area contributed by atoms with Crippen LogP contribution in [-0.2, 0) is 20.7 Å². The maximum absolute atomic E-state index is 12.9. The lowest BCUT2D eigenvalue weighted by molar-refractivity contribution is -0.121. The molecule has 0 spiro atoms. The number of ether oxygens (including phenoxy) is 1. The quantitative estimate of drug-likeness (QED) is 0.823. The van der Waals surface area contributed by atoms with Gasteiger partial charge in [-0.05, 0) is 46.0 Å². The largest absolute Gasteiger partial charge is 0.478 e. The molecule has 1 aliphatic carbocycles.